The Labute approximate surface area is 141 Å². The van der Waals surface area contributed by atoms with Gasteiger partial charge in [-0.25, -0.2) is 8.42 Å². The number of methoxy groups -OCH3 is 3. The smallest absolute Gasteiger partial charge is 0.268 e. The molecule has 1 aliphatic heterocycles. The summed E-state index contributed by atoms with van der Waals surface area (Å²) in [4.78, 5) is 0.120. The summed E-state index contributed by atoms with van der Waals surface area (Å²) in [6, 6.07) is 10.1. The van der Waals surface area contributed by atoms with Crippen molar-refractivity contribution in [1.82, 2.24) is 0 Å². The first-order chi connectivity index (χ1) is 11.5. The van der Waals surface area contributed by atoms with Crippen LogP contribution < -0.4 is 18.5 Å². The SMILES string of the molecule is COc1ccc2c(c1)CCN2S(=O)(=O)c1ccc(OC)cc1OC. The summed E-state index contributed by atoms with van der Waals surface area (Å²) in [7, 11) is 0.825. The van der Waals surface area contributed by atoms with Crippen molar-refractivity contribution < 1.29 is 22.6 Å². The van der Waals surface area contributed by atoms with Gasteiger partial charge in [0.25, 0.3) is 10.0 Å². The molecule has 0 aromatic heterocycles. The lowest BCUT2D eigenvalue weighted by Gasteiger charge is -2.21. The van der Waals surface area contributed by atoms with Gasteiger partial charge in [-0.2, -0.15) is 0 Å². The molecule has 7 heteroatoms. The van der Waals surface area contributed by atoms with E-state index in [1.807, 2.05) is 6.07 Å². The van der Waals surface area contributed by atoms with Crippen LogP contribution in [0.5, 0.6) is 17.2 Å². The van der Waals surface area contributed by atoms with E-state index >= 15 is 0 Å². The van der Waals surface area contributed by atoms with Crippen molar-refractivity contribution in [3.8, 4) is 17.2 Å². The van der Waals surface area contributed by atoms with Crippen molar-refractivity contribution in [3.05, 3.63) is 42.0 Å². The van der Waals surface area contributed by atoms with E-state index in [1.54, 1.807) is 31.4 Å². The second-order valence-electron chi connectivity index (χ2n) is 5.34. The van der Waals surface area contributed by atoms with E-state index in [0.717, 1.165) is 11.3 Å². The zero-order valence-electron chi connectivity index (χ0n) is 13.8. The second-order valence-corrected chi connectivity index (χ2v) is 7.17. The number of sulfonamides is 1. The van der Waals surface area contributed by atoms with Crippen LogP contribution in [0.25, 0.3) is 0 Å². The van der Waals surface area contributed by atoms with Crippen molar-refractivity contribution in [3.63, 3.8) is 0 Å². The minimum absolute atomic E-state index is 0.120. The van der Waals surface area contributed by atoms with Crippen LogP contribution in [-0.2, 0) is 16.4 Å². The molecule has 0 atom stereocenters. The monoisotopic (exact) mass is 349 g/mol. The minimum Gasteiger partial charge on any atom is -0.497 e. The summed E-state index contributed by atoms with van der Waals surface area (Å²) in [5.41, 5.74) is 1.62. The highest BCUT2D eigenvalue weighted by Gasteiger charge is 2.33. The van der Waals surface area contributed by atoms with Crippen LogP contribution >= 0.6 is 0 Å². The fourth-order valence-electron chi connectivity index (χ4n) is 2.83. The Hall–Kier alpha value is -2.41. The summed E-state index contributed by atoms with van der Waals surface area (Å²) in [6.45, 7) is 0.389. The first kappa shape index (κ1) is 16.4. The number of fused-ring (bicyclic) bond motifs is 1. The van der Waals surface area contributed by atoms with Crippen LogP contribution in [0.4, 0.5) is 5.69 Å². The van der Waals surface area contributed by atoms with Crippen molar-refractivity contribution in [2.45, 2.75) is 11.3 Å². The summed E-state index contributed by atoms with van der Waals surface area (Å²) in [5.74, 6) is 1.52. The Kier molecular flexibility index (Phi) is 4.28. The third kappa shape index (κ3) is 2.65. The predicted octanol–water partition coefficient (Wildman–Crippen LogP) is 2.46. The number of hydrogen-bond acceptors (Lipinski definition) is 5. The molecule has 0 aliphatic carbocycles. The second kappa shape index (κ2) is 6.24. The molecule has 2 aromatic carbocycles. The lowest BCUT2D eigenvalue weighted by molar-refractivity contribution is 0.386. The zero-order chi connectivity index (χ0) is 17.3. The topological polar surface area (TPSA) is 65.1 Å². The molecule has 0 saturated carbocycles. The molecule has 0 spiro atoms. The number of benzene rings is 2. The molecule has 0 bridgehead atoms. The predicted molar refractivity (Wildman–Crippen MR) is 90.8 cm³/mol. The van der Waals surface area contributed by atoms with Gasteiger partial charge in [-0.1, -0.05) is 0 Å². The molecule has 0 N–H and O–H groups in total. The highest BCUT2D eigenvalue weighted by molar-refractivity contribution is 7.93. The number of ether oxygens (including phenoxy) is 3. The minimum atomic E-state index is -3.73. The molecular weight excluding hydrogens is 330 g/mol. The van der Waals surface area contributed by atoms with Crippen LogP contribution in [-0.4, -0.2) is 36.3 Å². The van der Waals surface area contributed by atoms with Crippen molar-refractivity contribution in [2.24, 2.45) is 0 Å². The molecule has 1 aliphatic rings. The van der Waals surface area contributed by atoms with Crippen LogP contribution in [0.3, 0.4) is 0 Å². The summed E-state index contributed by atoms with van der Waals surface area (Å²) in [6.07, 6.45) is 0.643. The Morgan fingerprint density at radius 2 is 1.58 bits per heavy atom. The highest BCUT2D eigenvalue weighted by Crippen LogP contribution is 2.38. The van der Waals surface area contributed by atoms with Gasteiger partial charge in [0, 0.05) is 12.6 Å². The highest BCUT2D eigenvalue weighted by atomic mass is 32.2. The first-order valence-electron chi connectivity index (χ1n) is 7.43. The quantitative estimate of drug-likeness (QED) is 0.830. The van der Waals surface area contributed by atoms with Gasteiger partial charge in [0.2, 0.25) is 0 Å². The van der Waals surface area contributed by atoms with Gasteiger partial charge in [0.1, 0.15) is 22.1 Å². The maximum atomic E-state index is 13.1. The van der Waals surface area contributed by atoms with E-state index in [1.165, 1.54) is 24.6 Å². The van der Waals surface area contributed by atoms with Crippen LogP contribution in [0.1, 0.15) is 5.56 Å². The van der Waals surface area contributed by atoms with E-state index in [0.29, 0.717) is 24.4 Å². The Balaban J connectivity index is 2.05. The third-order valence-electron chi connectivity index (χ3n) is 4.08. The molecule has 24 heavy (non-hydrogen) atoms. The maximum Gasteiger partial charge on any atom is 0.268 e. The van der Waals surface area contributed by atoms with Gasteiger partial charge in [0.15, 0.2) is 0 Å². The number of nitrogens with zero attached hydrogens (tertiary/aromatic N) is 1. The Bertz CT molecular complexity index is 863. The van der Waals surface area contributed by atoms with E-state index < -0.39 is 10.0 Å². The van der Waals surface area contributed by atoms with Crippen LogP contribution in [0, 0.1) is 0 Å². The molecule has 0 radical (unpaired) electrons. The molecule has 128 valence electrons. The molecule has 6 nitrogen and oxygen atoms in total. The van der Waals surface area contributed by atoms with Crippen LogP contribution in [0.15, 0.2) is 41.3 Å². The van der Waals surface area contributed by atoms with Crippen molar-refractivity contribution in [1.29, 1.82) is 0 Å². The summed E-state index contributed by atoms with van der Waals surface area (Å²) in [5, 5.41) is 0. The number of hydrogen-bond donors (Lipinski definition) is 0. The zero-order valence-corrected chi connectivity index (χ0v) is 14.6. The largest absolute Gasteiger partial charge is 0.497 e. The molecular formula is C17H19NO5S. The lowest BCUT2D eigenvalue weighted by atomic mass is 10.1. The molecule has 0 fully saturated rings. The van der Waals surface area contributed by atoms with E-state index in [9.17, 15) is 8.42 Å². The maximum absolute atomic E-state index is 13.1. The molecule has 3 rings (SSSR count). The molecule has 1 heterocycles. The standard InChI is InChI=1S/C17H19NO5S/c1-21-13-4-6-15-12(10-13)8-9-18(15)24(19,20)17-7-5-14(22-2)11-16(17)23-3/h4-7,10-11H,8-9H2,1-3H3. The summed E-state index contributed by atoms with van der Waals surface area (Å²) >= 11 is 0. The number of anilines is 1. The normalized spacial score (nSPS) is 13.5. The molecule has 2 aromatic rings. The number of rotatable bonds is 5. The Morgan fingerprint density at radius 1 is 0.917 bits per heavy atom. The van der Waals surface area contributed by atoms with E-state index in [4.69, 9.17) is 14.2 Å². The van der Waals surface area contributed by atoms with Gasteiger partial charge in [-0.05, 0) is 42.3 Å². The molecule has 0 unspecified atom stereocenters. The fraction of sp³-hybridized carbons (Fsp3) is 0.294. The van der Waals surface area contributed by atoms with E-state index in [2.05, 4.69) is 0 Å². The van der Waals surface area contributed by atoms with Gasteiger partial charge in [0.05, 0.1) is 27.0 Å². The lowest BCUT2D eigenvalue weighted by Crippen LogP contribution is -2.29. The Morgan fingerprint density at radius 3 is 2.25 bits per heavy atom. The van der Waals surface area contributed by atoms with Gasteiger partial charge >= 0.3 is 0 Å². The van der Waals surface area contributed by atoms with Crippen molar-refractivity contribution >= 4 is 15.7 Å². The van der Waals surface area contributed by atoms with Gasteiger partial charge < -0.3 is 14.2 Å². The average Bonchev–Trinajstić information content (AvgIpc) is 3.04. The van der Waals surface area contributed by atoms with E-state index in [-0.39, 0.29) is 10.6 Å². The van der Waals surface area contributed by atoms with Gasteiger partial charge in [-0.15, -0.1) is 0 Å². The average molecular weight is 349 g/mol. The summed E-state index contributed by atoms with van der Waals surface area (Å²) < 4.78 is 43.2. The van der Waals surface area contributed by atoms with Crippen LogP contribution in [0.2, 0.25) is 0 Å². The fourth-order valence-corrected chi connectivity index (χ4v) is 4.47. The van der Waals surface area contributed by atoms with Crippen molar-refractivity contribution in [2.75, 3.05) is 32.2 Å². The molecule has 0 amide bonds. The molecule has 0 saturated heterocycles. The third-order valence-corrected chi connectivity index (χ3v) is 5.93. The van der Waals surface area contributed by atoms with Gasteiger partial charge in [-0.3, -0.25) is 4.31 Å². The first-order valence-corrected chi connectivity index (χ1v) is 8.87.